The van der Waals surface area contributed by atoms with Gasteiger partial charge in [0.2, 0.25) is 0 Å². The highest BCUT2D eigenvalue weighted by molar-refractivity contribution is 7.09. The molecule has 0 saturated carbocycles. The van der Waals surface area contributed by atoms with Crippen LogP contribution in [0.25, 0.3) is 10.9 Å². The van der Waals surface area contributed by atoms with E-state index in [9.17, 15) is 19.2 Å². The second-order valence-electron chi connectivity index (χ2n) is 5.85. The fourth-order valence-electron chi connectivity index (χ4n) is 2.80. The van der Waals surface area contributed by atoms with E-state index < -0.39 is 30.1 Å². The molecule has 1 aromatic carbocycles. The second-order valence-corrected chi connectivity index (χ2v) is 6.89. The van der Waals surface area contributed by atoms with Crippen LogP contribution in [0.15, 0.2) is 46.6 Å². The van der Waals surface area contributed by atoms with Crippen molar-refractivity contribution in [1.29, 1.82) is 0 Å². The van der Waals surface area contributed by atoms with Crippen LogP contribution in [-0.2, 0) is 22.7 Å². The lowest BCUT2D eigenvalue weighted by molar-refractivity contribution is -0.143. The summed E-state index contributed by atoms with van der Waals surface area (Å²) in [6.07, 6.45) is 0.464. The fraction of sp³-hybridized carbons (Fsp3) is 0.176. The molecule has 1 aliphatic heterocycles. The number of thiophene rings is 1. The van der Waals surface area contributed by atoms with Crippen molar-refractivity contribution < 1.29 is 14.4 Å². The van der Waals surface area contributed by atoms with Gasteiger partial charge in [-0.3, -0.25) is 19.3 Å². The Hall–Kier alpha value is -3.40. The Morgan fingerprint density at radius 2 is 1.70 bits per heavy atom. The topological polar surface area (TPSA) is 105 Å². The van der Waals surface area contributed by atoms with E-state index in [1.807, 2.05) is 17.5 Å². The Labute approximate surface area is 156 Å². The molecule has 10 heteroatoms. The van der Waals surface area contributed by atoms with Crippen molar-refractivity contribution in [3.05, 3.63) is 57.0 Å². The van der Waals surface area contributed by atoms with Gasteiger partial charge in [0.15, 0.2) is 0 Å². The summed E-state index contributed by atoms with van der Waals surface area (Å²) in [6.45, 7) is -0.367. The van der Waals surface area contributed by atoms with Gasteiger partial charge >= 0.3 is 17.8 Å². The van der Waals surface area contributed by atoms with Gasteiger partial charge in [-0.05, 0) is 23.6 Å². The molecule has 1 fully saturated rings. The maximum atomic E-state index is 12.5. The van der Waals surface area contributed by atoms with E-state index in [1.165, 1.54) is 11.3 Å². The lowest BCUT2D eigenvalue weighted by Gasteiger charge is -2.15. The molecule has 1 aliphatic rings. The molecule has 3 aromatic rings. The smallest absolute Gasteiger partial charge is 0.267 e. The number of benzene rings is 1. The van der Waals surface area contributed by atoms with E-state index in [1.54, 1.807) is 24.3 Å². The SMILES string of the molecule is O=C1C(=O)N(Cn2nnc3ccccc3c2=O)C(=O)N1CCc1cccs1. The molecule has 4 rings (SSSR count). The molecule has 4 amide bonds. The Morgan fingerprint density at radius 1 is 0.926 bits per heavy atom. The normalized spacial score (nSPS) is 14.6. The number of urea groups is 1. The molecule has 0 aliphatic carbocycles. The molecule has 0 radical (unpaired) electrons. The number of fused-ring (bicyclic) bond motifs is 1. The van der Waals surface area contributed by atoms with Crippen molar-refractivity contribution >= 4 is 40.1 Å². The number of nitrogens with zero attached hydrogens (tertiary/aromatic N) is 5. The summed E-state index contributed by atoms with van der Waals surface area (Å²) < 4.78 is 0.897. The van der Waals surface area contributed by atoms with Crippen molar-refractivity contribution in [3.63, 3.8) is 0 Å². The third kappa shape index (κ3) is 2.99. The molecule has 0 unspecified atom stereocenters. The van der Waals surface area contributed by atoms with Gasteiger partial charge in [-0.2, -0.15) is 4.68 Å². The Balaban J connectivity index is 1.56. The first-order valence-electron chi connectivity index (χ1n) is 8.08. The predicted molar refractivity (Wildman–Crippen MR) is 95.8 cm³/mol. The van der Waals surface area contributed by atoms with Crippen LogP contribution in [0.5, 0.6) is 0 Å². The van der Waals surface area contributed by atoms with Crippen LogP contribution in [0.4, 0.5) is 4.79 Å². The molecule has 136 valence electrons. The number of aromatic nitrogens is 3. The molecule has 3 heterocycles. The van der Waals surface area contributed by atoms with Gasteiger partial charge in [0, 0.05) is 17.8 Å². The number of imide groups is 2. The Bertz CT molecular complexity index is 1110. The minimum Gasteiger partial charge on any atom is -0.267 e. The highest BCUT2D eigenvalue weighted by atomic mass is 32.1. The van der Waals surface area contributed by atoms with Crippen LogP contribution in [-0.4, -0.2) is 49.2 Å². The largest absolute Gasteiger partial charge is 0.335 e. The highest BCUT2D eigenvalue weighted by Crippen LogP contribution is 2.16. The quantitative estimate of drug-likeness (QED) is 0.478. The lowest BCUT2D eigenvalue weighted by atomic mass is 10.2. The molecule has 27 heavy (non-hydrogen) atoms. The first-order chi connectivity index (χ1) is 13.1. The first kappa shape index (κ1) is 17.0. The summed E-state index contributed by atoms with van der Waals surface area (Å²) in [7, 11) is 0. The van der Waals surface area contributed by atoms with Gasteiger partial charge in [-0.15, -0.1) is 16.4 Å². The van der Waals surface area contributed by atoms with Gasteiger partial charge < -0.3 is 0 Å². The summed E-state index contributed by atoms with van der Waals surface area (Å²) in [5.74, 6) is -1.88. The van der Waals surface area contributed by atoms with Gasteiger partial charge in [-0.1, -0.05) is 23.4 Å². The summed E-state index contributed by atoms with van der Waals surface area (Å²) in [5, 5.41) is 9.87. The van der Waals surface area contributed by atoms with Crippen molar-refractivity contribution in [2.75, 3.05) is 6.54 Å². The number of carbonyl (C=O) groups excluding carboxylic acids is 3. The lowest BCUT2D eigenvalue weighted by Crippen LogP contribution is -2.39. The number of rotatable bonds is 5. The third-order valence-corrected chi connectivity index (χ3v) is 5.14. The standard InChI is InChI=1S/C17H13N5O4S/c23-14-12-5-1-2-6-13(12)18-19-22(14)10-21-16(25)15(24)20(17(21)26)8-7-11-4-3-9-27-11/h1-6,9H,7-8,10H2. The fourth-order valence-corrected chi connectivity index (χ4v) is 3.50. The van der Waals surface area contributed by atoms with Gasteiger partial charge in [0.05, 0.1) is 5.39 Å². The molecule has 0 bridgehead atoms. The Morgan fingerprint density at radius 3 is 2.48 bits per heavy atom. The summed E-state index contributed by atoms with van der Waals surface area (Å²) in [6, 6.07) is 9.61. The molecule has 0 atom stereocenters. The monoisotopic (exact) mass is 383 g/mol. The van der Waals surface area contributed by atoms with E-state index in [4.69, 9.17) is 0 Å². The molecule has 0 spiro atoms. The predicted octanol–water partition coefficient (Wildman–Crippen LogP) is 0.844. The maximum Gasteiger partial charge on any atom is 0.335 e. The summed E-state index contributed by atoms with van der Waals surface area (Å²) in [4.78, 5) is 52.0. The summed E-state index contributed by atoms with van der Waals surface area (Å²) >= 11 is 1.50. The maximum absolute atomic E-state index is 12.5. The van der Waals surface area contributed by atoms with E-state index in [0.717, 1.165) is 14.5 Å². The van der Waals surface area contributed by atoms with Crippen molar-refractivity contribution in [3.8, 4) is 0 Å². The highest BCUT2D eigenvalue weighted by Gasteiger charge is 2.44. The number of amides is 4. The molecule has 9 nitrogen and oxygen atoms in total. The molecular formula is C17H13N5O4S. The molecule has 1 saturated heterocycles. The van der Waals surface area contributed by atoms with Crippen LogP contribution in [0, 0.1) is 0 Å². The van der Waals surface area contributed by atoms with E-state index in [-0.39, 0.29) is 6.54 Å². The minimum atomic E-state index is -0.979. The first-order valence-corrected chi connectivity index (χ1v) is 8.96. The van der Waals surface area contributed by atoms with Crippen LogP contribution in [0.1, 0.15) is 4.88 Å². The Kier molecular flexibility index (Phi) is 4.24. The van der Waals surface area contributed by atoms with E-state index in [2.05, 4.69) is 10.3 Å². The zero-order chi connectivity index (χ0) is 19.0. The van der Waals surface area contributed by atoms with E-state index in [0.29, 0.717) is 22.2 Å². The van der Waals surface area contributed by atoms with Gasteiger partial charge in [0.1, 0.15) is 12.2 Å². The number of hydrogen-bond donors (Lipinski definition) is 0. The molecule has 2 aromatic heterocycles. The molecular weight excluding hydrogens is 370 g/mol. The third-order valence-electron chi connectivity index (χ3n) is 4.20. The van der Waals surface area contributed by atoms with Gasteiger partial charge in [-0.25, -0.2) is 9.69 Å². The second kappa shape index (κ2) is 6.72. The average molecular weight is 383 g/mol. The minimum absolute atomic E-state index is 0.0960. The van der Waals surface area contributed by atoms with Crippen molar-refractivity contribution in [2.24, 2.45) is 0 Å². The van der Waals surface area contributed by atoms with E-state index >= 15 is 0 Å². The van der Waals surface area contributed by atoms with Gasteiger partial charge in [0.25, 0.3) is 5.56 Å². The average Bonchev–Trinajstić information content (AvgIpc) is 3.26. The van der Waals surface area contributed by atoms with Crippen molar-refractivity contribution in [2.45, 2.75) is 13.1 Å². The number of carbonyl (C=O) groups is 3. The zero-order valence-electron chi connectivity index (χ0n) is 13.9. The molecule has 0 N–H and O–H groups in total. The van der Waals surface area contributed by atoms with Crippen LogP contribution >= 0.6 is 11.3 Å². The van der Waals surface area contributed by atoms with Crippen LogP contribution in [0.2, 0.25) is 0 Å². The van der Waals surface area contributed by atoms with Crippen LogP contribution < -0.4 is 5.56 Å². The summed E-state index contributed by atoms with van der Waals surface area (Å²) in [5.41, 5.74) is -0.0860. The van der Waals surface area contributed by atoms with Crippen molar-refractivity contribution in [1.82, 2.24) is 24.8 Å². The number of hydrogen-bond acceptors (Lipinski definition) is 7. The zero-order valence-corrected chi connectivity index (χ0v) is 14.8. The van der Waals surface area contributed by atoms with Crippen LogP contribution in [0.3, 0.4) is 0 Å².